The molecule has 11 nitrogen and oxygen atoms in total. The second-order valence-electron chi connectivity index (χ2n) is 10.3. The van der Waals surface area contributed by atoms with Crippen LogP contribution in [-0.4, -0.2) is 74.0 Å². The summed E-state index contributed by atoms with van der Waals surface area (Å²) in [5.74, 6) is 0.108. The summed E-state index contributed by atoms with van der Waals surface area (Å²) >= 11 is 5.96. The molecule has 43 heavy (non-hydrogen) atoms. The Morgan fingerprint density at radius 1 is 1.23 bits per heavy atom. The Bertz CT molecular complexity index is 1550. The number of hydrogen-bond donors (Lipinski definition) is 4. The average molecular weight is 623 g/mol. The summed E-state index contributed by atoms with van der Waals surface area (Å²) in [6.45, 7) is 4.77. The van der Waals surface area contributed by atoms with E-state index in [9.17, 15) is 23.1 Å². The summed E-state index contributed by atoms with van der Waals surface area (Å²) in [5, 5.41) is 19.5. The largest absolute Gasteiger partial charge is 0.435 e. The van der Waals surface area contributed by atoms with Crippen LogP contribution in [0.5, 0.6) is 0 Å². The van der Waals surface area contributed by atoms with E-state index >= 15 is 0 Å². The standard InChI is InChI=1S/C28H34ClF3N8O3/c1-3-18-12-19(4-5-20(18)26(42)35-8-11-43-10-6-33)37-24-25-36-13-22(40(25)9-7-34-24)21-14-39(16-27(2,15-29)17-41)38-23(21)28(30,31)32/h4-5,7,9,12-14,41H,3,6,8,10-11,15-17,33H2,1-2H3,(H,34,37)(H,35,42). The number of imidazole rings is 1. The fraction of sp³-hybridized carbons (Fsp3) is 0.429. The Labute approximate surface area is 251 Å². The number of nitrogens with zero attached hydrogens (tertiary/aromatic N) is 5. The summed E-state index contributed by atoms with van der Waals surface area (Å²) in [6.07, 6.45) is 1.41. The lowest BCUT2D eigenvalue weighted by Gasteiger charge is -2.23. The molecule has 5 N–H and O–H groups in total. The summed E-state index contributed by atoms with van der Waals surface area (Å²) in [7, 11) is 0. The Hall–Kier alpha value is -3.72. The smallest absolute Gasteiger partial charge is 0.396 e. The van der Waals surface area contributed by atoms with Gasteiger partial charge in [-0.3, -0.25) is 13.9 Å². The second kappa shape index (κ2) is 13.7. The summed E-state index contributed by atoms with van der Waals surface area (Å²) in [6, 6.07) is 5.23. The van der Waals surface area contributed by atoms with E-state index < -0.39 is 17.3 Å². The Morgan fingerprint density at radius 2 is 2.02 bits per heavy atom. The molecule has 4 rings (SSSR count). The molecule has 3 aromatic heterocycles. The molecule has 1 atom stereocenters. The Kier molecular flexibility index (Phi) is 10.3. The molecule has 0 aliphatic heterocycles. The lowest BCUT2D eigenvalue weighted by Crippen LogP contribution is -2.29. The van der Waals surface area contributed by atoms with Gasteiger partial charge in [-0.2, -0.15) is 18.3 Å². The number of carbonyl (C=O) groups excluding carboxylic acids is 1. The van der Waals surface area contributed by atoms with Crippen LogP contribution in [0.15, 0.2) is 43.0 Å². The van der Waals surface area contributed by atoms with Gasteiger partial charge in [0.2, 0.25) is 0 Å². The second-order valence-corrected chi connectivity index (χ2v) is 10.6. The van der Waals surface area contributed by atoms with Gasteiger partial charge in [-0.05, 0) is 30.2 Å². The lowest BCUT2D eigenvalue weighted by molar-refractivity contribution is -0.141. The van der Waals surface area contributed by atoms with Crippen LogP contribution in [0.25, 0.3) is 16.9 Å². The van der Waals surface area contributed by atoms with E-state index in [1.807, 2.05) is 13.0 Å². The van der Waals surface area contributed by atoms with E-state index in [0.29, 0.717) is 49.8 Å². The van der Waals surface area contributed by atoms with Crippen molar-refractivity contribution >= 4 is 34.7 Å². The van der Waals surface area contributed by atoms with Crippen molar-refractivity contribution in [3.8, 4) is 11.3 Å². The first-order valence-corrected chi connectivity index (χ1v) is 14.2. The molecule has 3 heterocycles. The van der Waals surface area contributed by atoms with Crippen LogP contribution in [0, 0.1) is 5.41 Å². The van der Waals surface area contributed by atoms with Crippen LogP contribution in [-0.2, 0) is 23.9 Å². The van der Waals surface area contributed by atoms with Crippen LogP contribution in [0.4, 0.5) is 24.7 Å². The SMILES string of the molecule is CCc1cc(Nc2nccn3c(-c4cn(CC(C)(CO)CCl)nc4C(F)(F)F)cnc23)ccc1C(=O)NCCOCCN. The number of amides is 1. The topological polar surface area (TPSA) is 145 Å². The number of nitrogens with one attached hydrogen (secondary N) is 2. The van der Waals surface area contributed by atoms with Crippen molar-refractivity contribution in [2.75, 3.05) is 44.1 Å². The van der Waals surface area contributed by atoms with Crippen molar-refractivity contribution in [2.45, 2.75) is 33.0 Å². The number of halogens is 4. The van der Waals surface area contributed by atoms with Crippen molar-refractivity contribution < 1.29 is 27.8 Å². The number of hydrogen-bond acceptors (Lipinski definition) is 8. The van der Waals surface area contributed by atoms with Crippen molar-refractivity contribution in [3.05, 3.63) is 59.8 Å². The fourth-order valence-electron chi connectivity index (χ4n) is 4.47. The first kappa shape index (κ1) is 32.2. The molecule has 232 valence electrons. The summed E-state index contributed by atoms with van der Waals surface area (Å²) in [5.41, 5.74) is 5.65. The molecular weight excluding hydrogens is 589 g/mol. The number of alkyl halides is 4. The summed E-state index contributed by atoms with van der Waals surface area (Å²) in [4.78, 5) is 21.4. The molecule has 0 saturated heterocycles. The van der Waals surface area contributed by atoms with E-state index in [4.69, 9.17) is 22.1 Å². The van der Waals surface area contributed by atoms with Gasteiger partial charge in [0.1, 0.15) is 0 Å². The minimum atomic E-state index is -4.74. The third-order valence-corrected chi connectivity index (χ3v) is 7.42. The molecular formula is C28H34ClF3N8O3. The number of carbonyl (C=O) groups is 1. The predicted octanol–water partition coefficient (Wildman–Crippen LogP) is 3.86. The zero-order valence-electron chi connectivity index (χ0n) is 23.8. The zero-order valence-corrected chi connectivity index (χ0v) is 24.5. The van der Waals surface area contributed by atoms with Crippen LogP contribution < -0.4 is 16.4 Å². The van der Waals surface area contributed by atoms with Gasteiger partial charge >= 0.3 is 6.18 Å². The van der Waals surface area contributed by atoms with E-state index in [1.54, 1.807) is 19.1 Å². The normalized spacial score (nSPS) is 13.3. The molecule has 15 heteroatoms. The first-order valence-electron chi connectivity index (χ1n) is 13.6. The maximum Gasteiger partial charge on any atom is 0.435 e. The van der Waals surface area contributed by atoms with Crippen molar-refractivity contribution in [3.63, 3.8) is 0 Å². The summed E-state index contributed by atoms with van der Waals surface area (Å²) < 4.78 is 50.1. The third kappa shape index (κ3) is 7.44. The number of nitrogens with two attached hydrogens (primary N) is 1. The number of aliphatic hydroxyl groups is 1. The molecule has 0 saturated carbocycles. The van der Waals surface area contributed by atoms with Crippen LogP contribution >= 0.6 is 11.6 Å². The minimum absolute atomic E-state index is 0.0168. The van der Waals surface area contributed by atoms with Crippen molar-refractivity contribution in [1.82, 2.24) is 29.5 Å². The maximum atomic E-state index is 14.1. The van der Waals surface area contributed by atoms with Gasteiger partial charge in [0, 0.05) is 60.8 Å². The van der Waals surface area contributed by atoms with E-state index in [0.717, 1.165) is 10.2 Å². The molecule has 1 unspecified atom stereocenters. The minimum Gasteiger partial charge on any atom is -0.396 e. The van der Waals surface area contributed by atoms with Gasteiger partial charge in [0.15, 0.2) is 17.2 Å². The Morgan fingerprint density at radius 3 is 2.70 bits per heavy atom. The number of aliphatic hydroxyl groups excluding tert-OH is 1. The molecule has 1 amide bonds. The molecule has 4 aromatic rings. The highest BCUT2D eigenvalue weighted by molar-refractivity contribution is 6.18. The number of rotatable bonds is 14. The van der Waals surface area contributed by atoms with Crippen LogP contribution in [0.3, 0.4) is 0 Å². The number of ether oxygens (including phenoxy) is 1. The van der Waals surface area contributed by atoms with Gasteiger partial charge < -0.3 is 26.2 Å². The highest BCUT2D eigenvalue weighted by atomic mass is 35.5. The zero-order chi connectivity index (χ0) is 31.2. The number of aromatic nitrogens is 5. The van der Waals surface area contributed by atoms with Crippen molar-refractivity contribution in [1.29, 1.82) is 0 Å². The van der Waals surface area contributed by atoms with Gasteiger partial charge in [0.25, 0.3) is 5.91 Å². The fourth-order valence-corrected chi connectivity index (χ4v) is 4.64. The average Bonchev–Trinajstić information content (AvgIpc) is 3.61. The van der Waals surface area contributed by atoms with E-state index in [-0.39, 0.29) is 41.8 Å². The molecule has 0 aliphatic rings. The highest BCUT2D eigenvalue weighted by Gasteiger charge is 2.39. The Balaban J connectivity index is 1.62. The molecule has 0 spiro atoms. The van der Waals surface area contributed by atoms with E-state index in [1.165, 1.54) is 29.2 Å². The van der Waals surface area contributed by atoms with Gasteiger partial charge in [-0.25, -0.2) is 9.97 Å². The van der Waals surface area contributed by atoms with Gasteiger partial charge in [0.05, 0.1) is 37.3 Å². The van der Waals surface area contributed by atoms with Gasteiger partial charge in [-0.15, -0.1) is 11.6 Å². The van der Waals surface area contributed by atoms with Crippen LogP contribution in [0.1, 0.15) is 35.5 Å². The molecule has 0 aliphatic carbocycles. The number of fused-ring (bicyclic) bond motifs is 1. The number of aryl methyl sites for hydroxylation is 1. The first-order chi connectivity index (χ1) is 20.5. The highest BCUT2D eigenvalue weighted by Crippen LogP contribution is 2.37. The lowest BCUT2D eigenvalue weighted by atomic mass is 9.95. The van der Waals surface area contributed by atoms with E-state index in [2.05, 4.69) is 25.7 Å². The number of anilines is 2. The monoisotopic (exact) mass is 622 g/mol. The number of benzene rings is 1. The molecule has 0 bridgehead atoms. The predicted molar refractivity (Wildman–Crippen MR) is 156 cm³/mol. The van der Waals surface area contributed by atoms with Crippen molar-refractivity contribution in [2.24, 2.45) is 11.1 Å². The molecule has 1 aromatic carbocycles. The third-order valence-electron chi connectivity index (χ3n) is 6.77. The van der Waals surface area contributed by atoms with Crippen LogP contribution in [0.2, 0.25) is 0 Å². The molecule has 0 fully saturated rings. The molecule has 0 radical (unpaired) electrons. The van der Waals surface area contributed by atoms with Gasteiger partial charge in [-0.1, -0.05) is 13.8 Å². The maximum absolute atomic E-state index is 14.1. The quantitative estimate of drug-likeness (QED) is 0.123.